The van der Waals surface area contributed by atoms with Gasteiger partial charge in [-0.2, -0.15) is 0 Å². The van der Waals surface area contributed by atoms with Gasteiger partial charge >= 0.3 is 5.97 Å². The molecule has 2 N–H and O–H groups in total. The lowest BCUT2D eigenvalue weighted by Crippen LogP contribution is -2.57. The molecule has 0 unspecified atom stereocenters. The maximum absolute atomic E-state index is 12.2. The van der Waals surface area contributed by atoms with Crippen LogP contribution in [0.15, 0.2) is 0 Å². The zero-order valence-electron chi connectivity index (χ0n) is 12.1. The van der Waals surface area contributed by atoms with E-state index in [0.29, 0.717) is 12.8 Å². The average molecular weight is 255 g/mol. The van der Waals surface area contributed by atoms with Crippen molar-refractivity contribution in [3.8, 4) is 0 Å². The molecule has 1 amide bonds. The minimum Gasteiger partial charge on any atom is -0.480 e. The van der Waals surface area contributed by atoms with Crippen LogP contribution in [-0.2, 0) is 9.59 Å². The Morgan fingerprint density at radius 3 is 1.94 bits per heavy atom. The van der Waals surface area contributed by atoms with Crippen LogP contribution >= 0.6 is 0 Å². The molecule has 0 aliphatic heterocycles. The average Bonchev–Trinajstić information content (AvgIpc) is 1.91. The van der Waals surface area contributed by atoms with Crippen LogP contribution in [0.5, 0.6) is 0 Å². The predicted molar refractivity (Wildman–Crippen MR) is 70.2 cm³/mol. The second kappa shape index (κ2) is 4.56. The van der Waals surface area contributed by atoms with Gasteiger partial charge in [0.2, 0.25) is 5.91 Å². The molecule has 18 heavy (non-hydrogen) atoms. The summed E-state index contributed by atoms with van der Waals surface area (Å²) in [5.74, 6) is -1.31. The second-order valence-corrected chi connectivity index (χ2v) is 7.32. The third-order valence-electron chi connectivity index (χ3n) is 3.48. The molecule has 0 bridgehead atoms. The summed E-state index contributed by atoms with van der Waals surface area (Å²) in [6.45, 7) is 10.2. The highest BCUT2D eigenvalue weighted by Crippen LogP contribution is 2.42. The Morgan fingerprint density at radius 2 is 1.67 bits per heavy atom. The van der Waals surface area contributed by atoms with Crippen molar-refractivity contribution in [3.05, 3.63) is 0 Å². The second-order valence-electron chi connectivity index (χ2n) is 7.32. The number of amides is 1. The third kappa shape index (κ3) is 3.24. The smallest absolute Gasteiger partial charge is 0.319 e. The van der Waals surface area contributed by atoms with Crippen LogP contribution in [0.25, 0.3) is 0 Å². The van der Waals surface area contributed by atoms with Crippen LogP contribution in [0.3, 0.4) is 0 Å². The van der Waals surface area contributed by atoms with Crippen LogP contribution in [0.1, 0.15) is 60.3 Å². The molecule has 104 valence electrons. The van der Waals surface area contributed by atoms with Crippen LogP contribution in [0, 0.1) is 10.8 Å². The van der Waals surface area contributed by atoms with Gasteiger partial charge in [-0.15, -0.1) is 0 Å². The molecule has 1 aliphatic carbocycles. The zero-order chi connectivity index (χ0) is 14.2. The highest BCUT2D eigenvalue weighted by molar-refractivity contribution is 6.03. The molecule has 0 saturated heterocycles. The number of nitrogens with one attached hydrogen (secondary N) is 1. The van der Waals surface area contributed by atoms with E-state index in [1.807, 2.05) is 13.8 Å². The number of hydrogen-bond acceptors (Lipinski definition) is 2. The topological polar surface area (TPSA) is 66.4 Å². The van der Waals surface area contributed by atoms with E-state index in [0.717, 1.165) is 12.8 Å². The number of carboxylic acid groups (broad SMARTS) is 1. The molecule has 4 nitrogen and oxygen atoms in total. The summed E-state index contributed by atoms with van der Waals surface area (Å²) in [6, 6.07) is 0. The van der Waals surface area contributed by atoms with E-state index >= 15 is 0 Å². The van der Waals surface area contributed by atoms with Gasteiger partial charge in [0, 0.05) is 5.54 Å². The summed E-state index contributed by atoms with van der Waals surface area (Å²) in [5.41, 5.74) is -1.46. The fourth-order valence-corrected chi connectivity index (χ4v) is 2.87. The quantitative estimate of drug-likeness (QED) is 0.759. The Hall–Kier alpha value is -1.06. The lowest BCUT2D eigenvalue weighted by Gasteiger charge is -2.40. The monoisotopic (exact) mass is 255 g/mol. The van der Waals surface area contributed by atoms with E-state index in [1.165, 1.54) is 0 Å². The lowest BCUT2D eigenvalue weighted by atomic mass is 9.67. The summed E-state index contributed by atoms with van der Waals surface area (Å²) in [7, 11) is 0. The Bertz CT molecular complexity index is 349. The number of carboxylic acids is 1. The van der Waals surface area contributed by atoms with Crippen LogP contribution in [0.2, 0.25) is 0 Å². The molecule has 0 aromatic carbocycles. The first-order valence-electron chi connectivity index (χ1n) is 6.55. The molecule has 0 atom stereocenters. The van der Waals surface area contributed by atoms with Crippen molar-refractivity contribution in [1.82, 2.24) is 5.32 Å². The molecule has 1 saturated carbocycles. The Morgan fingerprint density at radius 1 is 1.17 bits per heavy atom. The number of carbonyl (C=O) groups is 2. The maximum atomic E-state index is 12.2. The number of hydrogen-bond donors (Lipinski definition) is 2. The van der Waals surface area contributed by atoms with Gasteiger partial charge in [-0.25, -0.2) is 0 Å². The molecule has 0 aromatic heterocycles. The molecule has 4 heteroatoms. The fraction of sp³-hybridized carbons (Fsp3) is 0.857. The Kier molecular flexibility index (Phi) is 3.80. The summed E-state index contributed by atoms with van der Waals surface area (Å²) in [4.78, 5) is 23.5. The van der Waals surface area contributed by atoms with Gasteiger partial charge in [-0.3, -0.25) is 9.59 Å². The molecular formula is C14H25NO3. The maximum Gasteiger partial charge on any atom is 0.319 e. The van der Waals surface area contributed by atoms with Crippen molar-refractivity contribution in [2.45, 2.75) is 65.8 Å². The van der Waals surface area contributed by atoms with Gasteiger partial charge < -0.3 is 10.4 Å². The highest BCUT2D eigenvalue weighted by atomic mass is 16.4. The molecule has 0 spiro atoms. The molecule has 0 radical (unpaired) electrons. The fourth-order valence-electron chi connectivity index (χ4n) is 2.87. The normalized spacial score (nSPS) is 18.9. The highest BCUT2D eigenvalue weighted by Gasteiger charge is 2.52. The van der Waals surface area contributed by atoms with Crippen molar-refractivity contribution >= 4 is 11.9 Å². The molecule has 1 rings (SSSR count). The molecule has 1 aliphatic rings. The minimum absolute atomic E-state index is 0.0901. The third-order valence-corrected chi connectivity index (χ3v) is 3.48. The summed E-state index contributed by atoms with van der Waals surface area (Å²) < 4.78 is 0. The van der Waals surface area contributed by atoms with E-state index in [9.17, 15) is 14.7 Å². The van der Waals surface area contributed by atoms with E-state index in [-0.39, 0.29) is 16.9 Å². The van der Waals surface area contributed by atoms with E-state index in [2.05, 4.69) is 26.1 Å². The van der Waals surface area contributed by atoms with Gasteiger partial charge in [0.05, 0.1) is 0 Å². The van der Waals surface area contributed by atoms with Crippen LogP contribution in [0.4, 0.5) is 0 Å². The van der Waals surface area contributed by atoms with Crippen molar-refractivity contribution in [2.75, 3.05) is 0 Å². The van der Waals surface area contributed by atoms with Gasteiger partial charge in [-0.1, -0.05) is 27.2 Å². The number of carbonyl (C=O) groups excluding carboxylic acids is 1. The Balaban J connectivity index is 2.72. The lowest BCUT2D eigenvalue weighted by molar-refractivity contribution is -0.162. The van der Waals surface area contributed by atoms with Gasteiger partial charge in [0.15, 0.2) is 0 Å². The SMILES string of the molecule is CC(C)(C)CC(C)(C)NC(=O)C1(C(=O)O)CCC1. The Labute approximate surface area is 109 Å². The van der Waals surface area contributed by atoms with Crippen LogP contribution < -0.4 is 5.32 Å². The molecule has 0 aromatic rings. The van der Waals surface area contributed by atoms with Crippen molar-refractivity contribution < 1.29 is 14.7 Å². The molecular weight excluding hydrogens is 230 g/mol. The summed E-state index contributed by atoms with van der Waals surface area (Å²) in [5, 5.41) is 12.1. The first kappa shape index (κ1) is 15.0. The summed E-state index contributed by atoms with van der Waals surface area (Å²) >= 11 is 0. The van der Waals surface area contributed by atoms with Crippen molar-refractivity contribution in [2.24, 2.45) is 10.8 Å². The minimum atomic E-state index is -1.17. The first-order valence-corrected chi connectivity index (χ1v) is 6.55. The van der Waals surface area contributed by atoms with Gasteiger partial charge in [-0.05, 0) is 38.5 Å². The van der Waals surface area contributed by atoms with Crippen LogP contribution in [-0.4, -0.2) is 22.5 Å². The van der Waals surface area contributed by atoms with Gasteiger partial charge in [0.25, 0.3) is 0 Å². The predicted octanol–water partition coefficient (Wildman–Crippen LogP) is 2.57. The number of aliphatic carboxylic acids is 1. The number of rotatable bonds is 4. The zero-order valence-corrected chi connectivity index (χ0v) is 12.1. The molecule has 1 fully saturated rings. The summed E-state index contributed by atoms with van der Waals surface area (Å²) in [6.07, 6.45) is 2.54. The van der Waals surface area contributed by atoms with E-state index in [1.54, 1.807) is 0 Å². The first-order chi connectivity index (χ1) is 7.99. The van der Waals surface area contributed by atoms with Crippen molar-refractivity contribution in [3.63, 3.8) is 0 Å². The standard InChI is InChI=1S/C14H25NO3/c1-12(2,3)9-13(4,5)15-10(16)14(11(17)18)7-6-8-14/h6-9H2,1-5H3,(H,15,16)(H,17,18). The van der Waals surface area contributed by atoms with E-state index < -0.39 is 11.4 Å². The molecule has 0 heterocycles. The van der Waals surface area contributed by atoms with Crippen molar-refractivity contribution in [1.29, 1.82) is 0 Å². The van der Waals surface area contributed by atoms with E-state index in [4.69, 9.17) is 0 Å². The van der Waals surface area contributed by atoms with Gasteiger partial charge in [0.1, 0.15) is 5.41 Å². The largest absolute Gasteiger partial charge is 0.480 e.